The van der Waals surface area contributed by atoms with Crippen LogP contribution in [0.25, 0.3) is 16.9 Å². The van der Waals surface area contributed by atoms with Crippen molar-refractivity contribution in [3.05, 3.63) is 58.8 Å². The summed E-state index contributed by atoms with van der Waals surface area (Å²) in [5, 5.41) is 4.57. The van der Waals surface area contributed by atoms with Gasteiger partial charge in [-0.15, -0.1) is 0 Å². The first-order valence-electron chi connectivity index (χ1n) is 12.2. The van der Waals surface area contributed by atoms with E-state index in [0.717, 1.165) is 23.8 Å². The van der Waals surface area contributed by atoms with E-state index in [1.165, 1.54) is 18.9 Å². The smallest absolute Gasteiger partial charge is 0.309 e. The highest BCUT2D eigenvalue weighted by molar-refractivity contribution is 5.97. The van der Waals surface area contributed by atoms with Gasteiger partial charge in [0.25, 0.3) is 5.91 Å². The van der Waals surface area contributed by atoms with Crippen LogP contribution in [0.5, 0.6) is 11.5 Å². The van der Waals surface area contributed by atoms with Gasteiger partial charge in [-0.25, -0.2) is 13.5 Å². The number of esters is 1. The molecule has 5 rings (SSSR count). The van der Waals surface area contributed by atoms with Gasteiger partial charge < -0.3 is 19.1 Å². The minimum absolute atomic E-state index is 0.0237. The van der Waals surface area contributed by atoms with Crippen LogP contribution in [0.2, 0.25) is 0 Å². The number of rotatable bonds is 5. The number of benzene rings is 2. The average molecular weight is 526 g/mol. The van der Waals surface area contributed by atoms with Gasteiger partial charge in [-0.2, -0.15) is 5.10 Å². The molecule has 0 radical (unpaired) electrons. The van der Waals surface area contributed by atoms with Crippen LogP contribution in [-0.2, 0) is 16.1 Å². The molecule has 1 amide bonds. The number of aromatic nitrogens is 2. The van der Waals surface area contributed by atoms with Crippen molar-refractivity contribution in [2.24, 2.45) is 5.92 Å². The van der Waals surface area contributed by atoms with Crippen LogP contribution < -0.4 is 9.47 Å². The maximum absolute atomic E-state index is 14.3. The molecule has 3 aromatic rings. The van der Waals surface area contributed by atoms with Crippen LogP contribution >= 0.6 is 0 Å². The zero-order valence-corrected chi connectivity index (χ0v) is 22.1. The van der Waals surface area contributed by atoms with Crippen LogP contribution in [0, 0.1) is 17.6 Å². The molecule has 0 bridgehead atoms. The second-order valence-electron chi connectivity index (χ2n) is 10.6. The molecular formula is C28H29F2N3O5. The minimum atomic E-state index is -0.773. The molecular weight excluding hydrogens is 496 g/mol. The molecule has 0 N–H and O–H groups in total. The number of amides is 1. The van der Waals surface area contributed by atoms with Gasteiger partial charge in [-0.1, -0.05) is 0 Å². The van der Waals surface area contributed by atoms with Crippen molar-refractivity contribution in [1.29, 1.82) is 0 Å². The predicted octanol–water partition coefficient (Wildman–Crippen LogP) is 4.87. The topological polar surface area (TPSA) is 82.9 Å². The van der Waals surface area contributed by atoms with E-state index in [2.05, 4.69) is 5.10 Å². The Morgan fingerprint density at radius 2 is 1.79 bits per heavy atom. The van der Waals surface area contributed by atoms with Crippen molar-refractivity contribution in [2.75, 3.05) is 21.3 Å². The van der Waals surface area contributed by atoms with E-state index in [1.807, 2.05) is 26.8 Å². The van der Waals surface area contributed by atoms with Crippen LogP contribution in [0.15, 0.2) is 30.3 Å². The summed E-state index contributed by atoms with van der Waals surface area (Å²) in [4.78, 5) is 27.3. The zero-order chi connectivity index (χ0) is 27.5. The van der Waals surface area contributed by atoms with E-state index in [-0.39, 0.29) is 41.7 Å². The number of nitrogens with zero attached hydrogens (tertiary/aromatic N) is 3. The van der Waals surface area contributed by atoms with E-state index in [9.17, 15) is 18.4 Å². The van der Waals surface area contributed by atoms with E-state index >= 15 is 0 Å². The summed E-state index contributed by atoms with van der Waals surface area (Å²) in [6.07, 6.45) is 0.601. The molecule has 1 fully saturated rings. The van der Waals surface area contributed by atoms with Gasteiger partial charge in [0.1, 0.15) is 29.7 Å². The molecule has 2 aromatic carbocycles. The summed E-state index contributed by atoms with van der Waals surface area (Å²) in [5.74, 6) is -1.59. The summed E-state index contributed by atoms with van der Waals surface area (Å²) >= 11 is 0. The number of fused-ring (bicyclic) bond motifs is 3. The standard InChI is InChI=1S/C28H29F2N3O5/c1-28(2,3)32(4)26(34)24-21-13-38-23-12-22(36-5)18(17-10-19(17)27(35)37-6)11-20(23)25(21)33(31-24)16-8-14(29)7-15(30)9-16/h7-9,11-12,17,19H,10,13H2,1-6H3/t17-,19+/m1/s1. The van der Waals surface area contributed by atoms with E-state index in [1.54, 1.807) is 18.0 Å². The molecule has 0 spiro atoms. The normalized spacial score (nSPS) is 17.7. The molecule has 38 heavy (non-hydrogen) atoms. The summed E-state index contributed by atoms with van der Waals surface area (Å²) in [6, 6.07) is 6.67. The van der Waals surface area contributed by atoms with Gasteiger partial charge in [0.05, 0.1) is 31.5 Å². The van der Waals surface area contributed by atoms with Crippen LogP contribution in [-0.4, -0.2) is 53.4 Å². The van der Waals surface area contributed by atoms with Crippen molar-refractivity contribution in [3.8, 4) is 28.4 Å². The highest BCUT2D eigenvalue weighted by Crippen LogP contribution is 2.54. The number of hydrogen-bond donors (Lipinski definition) is 0. The van der Waals surface area contributed by atoms with Crippen molar-refractivity contribution < 1.29 is 32.6 Å². The van der Waals surface area contributed by atoms with Crippen molar-refractivity contribution >= 4 is 11.9 Å². The monoisotopic (exact) mass is 525 g/mol. The SMILES string of the molecule is COC(=O)[C@H]1C[C@@H]1c1cc2c(cc1OC)OCc1c(C(=O)N(C)C(C)(C)C)nn(-c3cc(F)cc(F)c3)c1-2. The third-order valence-corrected chi connectivity index (χ3v) is 7.24. The average Bonchev–Trinajstić information content (AvgIpc) is 3.57. The number of methoxy groups -OCH3 is 2. The van der Waals surface area contributed by atoms with Gasteiger partial charge in [0.2, 0.25) is 0 Å². The molecule has 2 atom stereocenters. The number of ether oxygens (including phenoxy) is 3. The lowest BCUT2D eigenvalue weighted by atomic mass is 9.96. The molecule has 1 aliphatic carbocycles. The quantitative estimate of drug-likeness (QED) is 0.443. The van der Waals surface area contributed by atoms with Gasteiger partial charge in [-0.05, 0) is 51.0 Å². The van der Waals surface area contributed by atoms with E-state index in [0.29, 0.717) is 34.7 Å². The molecule has 0 unspecified atom stereocenters. The van der Waals surface area contributed by atoms with Crippen LogP contribution in [0.4, 0.5) is 8.78 Å². The van der Waals surface area contributed by atoms with Gasteiger partial charge >= 0.3 is 5.97 Å². The lowest BCUT2D eigenvalue weighted by Crippen LogP contribution is -2.43. The molecule has 8 nitrogen and oxygen atoms in total. The largest absolute Gasteiger partial charge is 0.496 e. The Hall–Kier alpha value is -3.95. The van der Waals surface area contributed by atoms with Crippen molar-refractivity contribution in [2.45, 2.75) is 45.3 Å². The van der Waals surface area contributed by atoms with Gasteiger partial charge in [0, 0.05) is 41.8 Å². The maximum Gasteiger partial charge on any atom is 0.309 e. The molecule has 1 aromatic heterocycles. The predicted molar refractivity (Wildman–Crippen MR) is 135 cm³/mol. The Morgan fingerprint density at radius 1 is 1.11 bits per heavy atom. The first kappa shape index (κ1) is 25.7. The Labute approximate surface area is 219 Å². The van der Waals surface area contributed by atoms with Crippen molar-refractivity contribution in [3.63, 3.8) is 0 Å². The molecule has 200 valence electrons. The Kier molecular flexibility index (Phi) is 6.16. The molecule has 10 heteroatoms. The summed E-state index contributed by atoms with van der Waals surface area (Å²) in [6.45, 7) is 5.71. The zero-order valence-electron chi connectivity index (χ0n) is 22.1. The lowest BCUT2D eigenvalue weighted by molar-refractivity contribution is -0.142. The van der Waals surface area contributed by atoms with Crippen LogP contribution in [0.3, 0.4) is 0 Å². The maximum atomic E-state index is 14.3. The fraction of sp³-hybridized carbons (Fsp3) is 0.393. The Morgan fingerprint density at radius 3 is 2.39 bits per heavy atom. The van der Waals surface area contributed by atoms with E-state index in [4.69, 9.17) is 14.2 Å². The first-order chi connectivity index (χ1) is 17.9. The number of halogens is 2. The molecule has 1 saturated carbocycles. The Balaban J connectivity index is 1.73. The highest BCUT2D eigenvalue weighted by Gasteiger charge is 2.47. The van der Waals surface area contributed by atoms with Gasteiger partial charge in [-0.3, -0.25) is 9.59 Å². The van der Waals surface area contributed by atoms with Gasteiger partial charge in [0.15, 0.2) is 5.69 Å². The molecule has 2 aliphatic rings. The van der Waals surface area contributed by atoms with Crippen LogP contribution in [0.1, 0.15) is 54.7 Å². The van der Waals surface area contributed by atoms with E-state index < -0.39 is 17.2 Å². The lowest BCUT2D eigenvalue weighted by Gasteiger charge is -2.31. The number of carbonyl (C=O) groups is 2. The summed E-state index contributed by atoms with van der Waals surface area (Å²) in [5.41, 5.74) is 2.09. The number of hydrogen-bond acceptors (Lipinski definition) is 6. The summed E-state index contributed by atoms with van der Waals surface area (Å²) in [7, 11) is 4.57. The second kappa shape index (κ2) is 9.11. The highest BCUT2D eigenvalue weighted by atomic mass is 19.1. The second-order valence-corrected chi connectivity index (χ2v) is 10.6. The molecule has 2 heterocycles. The fourth-order valence-corrected chi connectivity index (χ4v) is 4.80. The minimum Gasteiger partial charge on any atom is -0.496 e. The third kappa shape index (κ3) is 4.27. The first-order valence-corrected chi connectivity index (χ1v) is 12.2. The fourth-order valence-electron chi connectivity index (χ4n) is 4.80. The Bertz CT molecular complexity index is 1440. The molecule has 1 aliphatic heterocycles. The van der Waals surface area contributed by atoms with Crippen molar-refractivity contribution in [1.82, 2.24) is 14.7 Å². The summed E-state index contributed by atoms with van der Waals surface area (Å²) < 4.78 is 46.5. The number of carbonyl (C=O) groups excluding carboxylic acids is 2. The third-order valence-electron chi connectivity index (χ3n) is 7.24. The molecule has 0 saturated heterocycles.